The van der Waals surface area contributed by atoms with Gasteiger partial charge in [-0.05, 0) is 0 Å². The van der Waals surface area contributed by atoms with E-state index in [1.807, 2.05) is 0 Å². The third kappa shape index (κ3) is 423. The summed E-state index contributed by atoms with van der Waals surface area (Å²) in [6, 6.07) is 0. The van der Waals surface area contributed by atoms with Crippen molar-refractivity contribution < 1.29 is 36.3 Å². The molecule has 0 heterocycles. The molecule has 0 atom stereocenters. The Morgan fingerprint density at radius 3 is 1.33 bits per heavy atom. The average molecular weight is 178 g/mol. The van der Waals surface area contributed by atoms with Gasteiger partial charge in [0, 0.05) is 23.4 Å². The minimum Gasteiger partial charge on any atom is -0.503 e. The van der Waals surface area contributed by atoms with Crippen molar-refractivity contribution in [3.05, 3.63) is 6.92 Å². The van der Waals surface area contributed by atoms with Crippen LogP contribution >= 0.6 is 0 Å². The van der Waals surface area contributed by atoms with Gasteiger partial charge in [-0.2, -0.15) is 0 Å². The molecule has 0 aromatic carbocycles. The Kier molecular flexibility index (Phi) is 18.1. The minimum absolute atomic E-state index is 0. The molecule has 0 fully saturated rings. The first-order chi connectivity index (χ1) is 3.46. The van der Waals surface area contributed by atoms with E-state index in [0.29, 0.717) is 0 Å². The Morgan fingerprint density at radius 1 is 1.33 bits per heavy atom. The number of carboxylic acid groups (broad SMARTS) is 2. The largest absolute Gasteiger partial charge is 0.503 e. The summed E-state index contributed by atoms with van der Waals surface area (Å²) in [5.74, 6) is -1.92. The summed E-state index contributed by atoms with van der Waals surface area (Å²) in [5, 5.41) is 14.7. The van der Waals surface area contributed by atoms with Crippen molar-refractivity contribution in [1.29, 1.82) is 0 Å². The molecule has 9 heavy (non-hydrogen) atoms. The van der Waals surface area contributed by atoms with Crippen LogP contribution in [0.5, 0.6) is 0 Å². The molecular formula is C4H7NiO4-. The Bertz CT molecular complexity index is 70.6. The van der Waals surface area contributed by atoms with Crippen LogP contribution in [-0.2, 0) is 26.1 Å². The van der Waals surface area contributed by atoms with E-state index >= 15 is 0 Å². The molecule has 0 aliphatic heterocycles. The molecule has 4 nitrogen and oxygen atoms in total. The van der Waals surface area contributed by atoms with Gasteiger partial charge in [-0.1, -0.05) is 0 Å². The average Bonchev–Trinajstić information content (AvgIpc) is 1.25. The van der Waals surface area contributed by atoms with Crippen LogP contribution in [0.4, 0.5) is 0 Å². The van der Waals surface area contributed by atoms with E-state index in [-0.39, 0.29) is 16.5 Å². The van der Waals surface area contributed by atoms with Crippen LogP contribution in [0.15, 0.2) is 0 Å². The van der Waals surface area contributed by atoms with Crippen molar-refractivity contribution in [3.63, 3.8) is 0 Å². The van der Waals surface area contributed by atoms with Crippen LogP contribution in [0.1, 0.15) is 6.92 Å². The summed E-state index contributed by atoms with van der Waals surface area (Å²) in [6.07, 6.45) is 0. The predicted molar refractivity (Wildman–Crippen MR) is 26.3 cm³/mol. The molecule has 2 N–H and O–H groups in total. The summed E-state index contributed by atoms with van der Waals surface area (Å²) in [6.45, 7) is 3.64. The summed E-state index contributed by atoms with van der Waals surface area (Å²) in [5.41, 5.74) is 0. The fourth-order valence-corrected chi connectivity index (χ4v) is 0. The summed E-state index contributed by atoms with van der Waals surface area (Å²) in [4.78, 5) is 17.9. The molecule has 0 aromatic heterocycles. The standard InChI is InChI=1S/C2H4O2.C2H3O2.Ni/c2*1-2(3)4;/h1H3,(H,3,4);1H2,(H,3,4);/q;-1;. The van der Waals surface area contributed by atoms with Crippen molar-refractivity contribution in [3.8, 4) is 0 Å². The molecule has 0 bridgehead atoms. The van der Waals surface area contributed by atoms with Gasteiger partial charge >= 0.3 is 0 Å². The number of hydrogen-bond acceptors (Lipinski definition) is 2. The van der Waals surface area contributed by atoms with Gasteiger partial charge in [-0.15, -0.1) is 0 Å². The maximum absolute atomic E-state index is 9.00. The molecule has 0 saturated carbocycles. The molecule has 58 valence electrons. The first kappa shape index (κ1) is 15.7. The zero-order chi connectivity index (χ0) is 7.15. The number of hydrogen-bond donors (Lipinski definition) is 2. The second-order valence-corrected chi connectivity index (χ2v) is 0.913. The number of aliphatic carboxylic acids is 2. The molecular weight excluding hydrogens is 171 g/mol. The smallest absolute Gasteiger partial charge is 0.300 e. The maximum Gasteiger partial charge on any atom is 0.300 e. The summed E-state index contributed by atoms with van der Waals surface area (Å²) >= 11 is 0. The van der Waals surface area contributed by atoms with Crippen LogP contribution in [0.25, 0.3) is 0 Å². The number of carbonyl (C=O) groups is 2. The van der Waals surface area contributed by atoms with Crippen molar-refractivity contribution in [2.75, 3.05) is 0 Å². The second kappa shape index (κ2) is 10.3. The van der Waals surface area contributed by atoms with Crippen LogP contribution in [0, 0.1) is 6.92 Å². The Balaban J connectivity index is -0.0000000720. The van der Waals surface area contributed by atoms with E-state index in [0.717, 1.165) is 6.92 Å². The van der Waals surface area contributed by atoms with Gasteiger partial charge in [0.25, 0.3) is 5.97 Å². The molecule has 0 aliphatic rings. The fraction of sp³-hybridized carbons (Fsp3) is 0.250. The van der Waals surface area contributed by atoms with E-state index in [1.54, 1.807) is 0 Å². The van der Waals surface area contributed by atoms with E-state index < -0.39 is 11.9 Å². The molecule has 0 aromatic rings. The third-order valence-electron chi connectivity index (χ3n) is 0. The van der Waals surface area contributed by atoms with Gasteiger partial charge in [-0.25, -0.2) is 0 Å². The van der Waals surface area contributed by atoms with Crippen molar-refractivity contribution in [2.45, 2.75) is 6.92 Å². The monoisotopic (exact) mass is 177 g/mol. The first-order valence-corrected chi connectivity index (χ1v) is 1.71. The molecule has 0 unspecified atom stereocenters. The van der Waals surface area contributed by atoms with Crippen molar-refractivity contribution in [2.24, 2.45) is 0 Å². The SMILES string of the molecule is CC(=O)O.[CH2-]C(=O)O.[Ni]. The maximum atomic E-state index is 9.00. The van der Waals surface area contributed by atoms with E-state index in [9.17, 15) is 0 Å². The predicted octanol–water partition coefficient (Wildman–Crippen LogP) is -0.00651. The van der Waals surface area contributed by atoms with Crippen molar-refractivity contribution >= 4 is 11.9 Å². The molecule has 0 rings (SSSR count). The number of carboxylic acids is 2. The Labute approximate surface area is 62.8 Å². The van der Waals surface area contributed by atoms with E-state index in [2.05, 4.69) is 6.92 Å². The quantitative estimate of drug-likeness (QED) is 0.404. The summed E-state index contributed by atoms with van der Waals surface area (Å²) in [7, 11) is 0. The van der Waals surface area contributed by atoms with Crippen LogP contribution in [0.2, 0.25) is 0 Å². The second-order valence-electron chi connectivity index (χ2n) is 0.913. The van der Waals surface area contributed by atoms with Crippen LogP contribution in [0.3, 0.4) is 0 Å². The summed E-state index contributed by atoms with van der Waals surface area (Å²) < 4.78 is 0. The third-order valence-corrected chi connectivity index (χ3v) is 0. The van der Waals surface area contributed by atoms with Gasteiger partial charge in [-0.3, -0.25) is 16.5 Å². The Morgan fingerprint density at radius 2 is 1.33 bits per heavy atom. The van der Waals surface area contributed by atoms with E-state index in [1.165, 1.54) is 0 Å². The molecule has 0 amide bonds. The minimum atomic E-state index is -1.08. The van der Waals surface area contributed by atoms with Gasteiger partial charge in [0.05, 0.1) is 0 Å². The fourth-order valence-electron chi connectivity index (χ4n) is 0. The van der Waals surface area contributed by atoms with E-state index in [4.69, 9.17) is 19.8 Å². The topological polar surface area (TPSA) is 74.6 Å². The molecule has 0 aliphatic carbocycles. The van der Waals surface area contributed by atoms with Crippen LogP contribution < -0.4 is 0 Å². The first-order valence-electron chi connectivity index (χ1n) is 1.71. The van der Waals surface area contributed by atoms with Gasteiger partial charge in [0.15, 0.2) is 5.97 Å². The normalized spacial score (nSPS) is 5.44. The molecule has 0 saturated heterocycles. The molecule has 0 radical (unpaired) electrons. The molecule has 0 spiro atoms. The Hall–Kier alpha value is -0.696. The number of rotatable bonds is 0. The van der Waals surface area contributed by atoms with Crippen LogP contribution in [-0.4, -0.2) is 22.2 Å². The van der Waals surface area contributed by atoms with Gasteiger partial charge in [0.2, 0.25) is 0 Å². The van der Waals surface area contributed by atoms with Gasteiger partial charge in [0.1, 0.15) is 0 Å². The zero-order valence-corrected chi connectivity index (χ0v) is 5.72. The zero-order valence-electron chi connectivity index (χ0n) is 4.73. The van der Waals surface area contributed by atoms with Gasteiger partial charge < -0.3 is 10.2 Å². The van der Waals surface area contributed by atoms with Crippen molar-refractivity contribution in [1.82, 2.24) is 0 Å². The molecule has 5 heteroatoms.